The van der Waals surface area contributed by atoms with Gasteiger partial charge in [-0.15, -0.1) is 0 Å². The lowest BCUT2D eigenvalue weighted by atomic mass is 10.2. The normalized spacial score (nSPS) is 10.1. The monoisotopic (exact) mass is 247 g/mol. The van der Waals surface area contributed by atoms with E-state index in [9.17, 15) is 14.0 Å². The van der Waals surface area contributed by atoms with E-state index >= 15 is 0 Å². The van der Waals surface area contributed by atoms with Crippen LogP contribution in [0.1, 0.15) is 10.4 Å². The predicted octanol–water partition coefficient (Wildman–Crippen LogP) is 1.35. The number of nitrogens with one attached hydrogen (secondary N) is 2. The van der Waals surface area contributed by atoms with Gasteiger partial charge in [0.1, 0.15) is 11.4 Å². The van der Waals surface area contributed by atoms with Crippen LogP contribution >= 0.6 is 0 Å². The first-order valence-corrected chi connectivity index (χ1v) is 5.11. The van der Waals surface area contributed by atoms with Gasteiger partial charge < -0.3 is 16.0 Å². The fourth-order valence-corrected chi connectivity index (χ4v) is 1.48. The highest BCUT2D eigenvalue weighted by molar-refractivity contribution is 6.04. The van der Waals surface area contributed by atoms with Crippen molar-refractivity contribution in [1.82, 2.24) is 4.98 Å². The molecule has 5 nitrogen and oxygen atoms in total. The maximum atomic E-state index is 13.1. The maximum absolute atomic E-state index is 13.1. The van der Waals surface area contributed by atoms with Crippen LogP contribution in [0.15, 0.2) is 41.5 Å². The molecule has 92 valence electrons. The lowest BCUT2D eigenvalue weighted by Crippen LogP contribution is -2.20. The number of carbonyl (C=O) groups is 1. The molecule has 0 aliphatic carbocycles. The number of anilines is 2. The highest BCUT2D eigenvalue weighted by Crippen LogP contribution is 2.15. The Morgan fingerprint density at radius 3 is 2.78 bits per heavy atom. The van der Waals surface area contributed by atoms with E-state index in [0.717, 1.165) is 12.1 Å². The van der Waals surface area contributed by atoms with Crippen molar-refractivity contribution in [3.63, 3.8) is 0 Å². The Bertz CT molecular complexity index is 632. The number of hydrogen-bond acceptors (Lipinski definition) is 3. The van der Waals surface area contributed by atoms with Gasteiger partial charge in [0.05, 0.1) is 0 Å². The number of benzene rings is 1. The predicted molar refractivity (Wildman–Crippen MR) is 65.8 cm³/mol. The van der Waals surface area contributed by atoms with E-state index in [1.807, 2.05) is 0 Å². The molecule has 0 saturated carbocycles. The molecule has 0 fully saturated rings. The van der Waals surface area contributed by atoms with Crippen molar-refractivity contribution in [3.05, 3.63) is 58.3 Å². The molecule has 1 heterocycles. The van der Waals surface area contributed by atoms with Crippen molar-refractivity contribution in [2.75, 3.05) is 11.1 Å². The molecule has 18 heavy (non-hydrogen) atoms. The number of hydrogen-bond donors (Lipinski definition) is 3. The molecular formula is C12H10FN3O2. The molecule has 1 aromatic carbocycles. The zero-order chi connectivity index (χ0) is 13.1. The van der Waals surface area contributed by atoms with E-state index in [0.29, 0.717) is 0 Å². The van der Waals surface area contributed by atoms with Crippen LogP contribution in [0.5, 0.6) is 0 Å². The lowest BCUT2D eigenvalue weighted by Gasteiger charge is -2.05. The number of carbonyl (C=O) groups excluding carboxylic acids is 1. The first kappa shape index (κ1) is 11.8. The van der Waals surface area contributed by atoms with Crippen molar-refractivity contribution in [3.8, 4) is 0 Å². The van der Waals surface area contributed by atoms with Gasteiger partial charge in [-0.25, -0.2) is 4.39 Å². The second kappa shape index (κ2) is 4.70. The maximum Gasteiger partial charge on any atom is 0.261 e. The fraction of sp³-hybridized carbons (Fsp3) is 0. The van der Waals surface area contributed by atoms with Crippen LogP contribution in [0.3, 0.4) is 0 Å². The van der Waals surface area contributed by atoms with Crippen molar-refractivity contribution in [2.24, 2.45) is 0 Å². The molecule has 0 spiro atoms. The van der Waals surface area contributed by atoms with Crippen LogP contribution < -0.4 is 16.5 Å². The zero-order valence-corrected chi connectivity index (χ0v) is 9.24. The SMILES string of the molecule is Nc1cc(F)cc(NC(=O)c2c[nH]ccc2=O)c1. The average molecular weight is 247 g/mol. The summed E-state index contributed by atoms with van der Waals surface area (Å²) in [5.41, 5.74) is 5.35. The second-order valence-electron chi connectivity index (χ2n) is 3.65. The molecule has 2 rings (SSSR count). The Morgan fingerprint density at radius 1 is 1.33 bits per heavy atom. The van der Waals surface area contributed by atoms with Crippen molar-refractivity contribution >= 4 is 17.3 Å². The summed E-state index contributed by atoms with van der Waals surface area (Å²) in [7, 11) is 0. The highest BCUT2D eigenvalue weighted by atomic mass is 19.1. The first-order chi connectivity index (χ1) is 8.56. The van der Waals surface area contributed by atoms with E-state index in [-0.39, 0.29) is 16.9 Å². The number of H-pyrrole nitrogens is 1. The standard InChI is InChI=1S/C12H10FN3O2/c13-7-3-8(14)5-9(4-7)16-12(18)10-6-15-2-1-11(10)17/h1-6H,14H2,(H,15,17)(H,16,18). The number of amides is 1. The number of aromatic nitrogens is 1. The fourth-order valence-electron chi connectivity index (χ4n) is 1.48. The number of aromatic amines is 1. The van der Waals surface area contributed by atoms with Crippen molar-refractivity contribution < 1.29 is 9.18 Å². The van der Waals surface area contributed by atoms with Crippen LogP contribution in [-0.4, -0.2) is 10.9 Å². The summed E-state index contributed by atoms with van der Waals surface area (Å²) < 4.78 is 13.1. The third-order valence-electron chi connectivity index (χ3n) is 2.25. The highest BCUT2D eigenvalue weighted by Gasteiger charge is 2.10. The molecule has 4 N–H and O–H groups in total. The van der Waals surface area contributed by atoms with Gasteiger partial charge in [0, 0.05) is 29.8 Å². The van der Waals surface area contributed by atoms with Gasteiger partial charge in [-0.1, -0.05) is 0 Å². The summed E-state index contributed by atoms with van der Waals surface area (Å²) in [4.78, 5) is 25.8. The molecule has 1 aromatic heterocycles. The summed E-state index contributed by atoms with van der Waals surface area (Å²) in [6.07, 6.45) is 2.69. The number of pyridine rings is 1. The summed E-state index contributed by atoms with van der Waals surface area (Å²) in [5.74, 6) is -1.19. The van der Waals surface area contributed by atoms with Gasteiger partial charge in [0.2, 0.25) is 0 Å². The minimum atomic E-state index is -0.623. The van der Waals surface area contributed by atoms with Gasteiger partial charge in [-0.3, -0.25) is 9.59 Å². The molecule has 1 amide bonds. The summed E-state index contributed by atoms with van der Waals surface area (Å²) in [5, 5.41) is 2.40. The van der Waals surface area contributed by atoms with Gasteiger partial charge in [0.25, 0.3) is 5.91 Å². The molecule has 6 heteroatoms. The molecule has 0 unspecified atom stereocenters. The Balaban J connectivity index is 2.27. The lowest BCUT2D eigenvalue weighted by molar-refractivity contribution is 0.102. The quantitative estimate of drug-likeness (QED) is 0.700. The Hall–Kier alpha value is -2.63. The van der Waals surface area contributed by atoms with Gasteiger partial charge in [0.15, 0.2) is 5.43 Å². The summed E-state index contributed by atoms with van der Waals surface area (Å²) in [6, 6.07) is 4.88. The second-order valence-corrected chi connectivity index (χ2v) is 3.65. The molecule has 0 aliphatic rings. The minimum Gasteiger partial charge on any atom is -0.399 e. The molecule has 0 atom stereocenters. The van der Waals surface area contributed by atoms with Crippen LogP contribution in [-0.2, 0) is 0 Å². The van der Waals surface area contributed by atoms with Gasteiger partial charge in [-0.05, 0) is 18.2 Å². The van der Waals surface area contributed by atoms with Crippen molar-refractivity contribution in [2.45, 2.75) is 0 Å². The number of halogens is 1. The van der Waals surface area contributed by atoms with E-state index in [2.05, 4.69) is 10.3 Å². The third-order valence-corrected chi connectivity index (χ3v) is 2.25. The molecule has 0 saturated heterocycles. The number of rotatable bonds is 2. The Morgan fingerprint density at radius 2 is 2.11 bits per heavy atom. The number of nitrogens with two attached hydrogens (primary N) is 1. The van der Waals surface area contributed by atoms with E-state index in [1.54, 1.807) is 0 Å². The largest absolute Gasteiger partial charge is 0.399 e. The molecular weight excluding hydrogens is 237 g/mol. The van der Waals surface area contributed by atoms with E-state index in [4.69, 9.17) is 5.73 Å². The topological polar surface area (TPSA) is 88.0 Å². The smallest absolute Gasteiger partial charge is 0.261 e. The van der Waals surface area contributed by atoms with E-state index < -0.39 is 17.2 Å². The van der Waals surface area contributed by atoms with Crippen molar-refractivity contribution in [1.29, 1.82) is 0 Å². The van der Waals surface area contributed by atoms with Crippen LogP contribution in [0.2, 0.25) is 0 Å². The summed E-state index contributed by atoms with van der Waals surface area (Å²) in [6.45, 7) is 0. The third kappa shape index (κ3) is 2.54. The Kier molecular flexibility index (Phi) is 3.09. The average Bonchev–Trinajstić information content (AvgIpc) is 2.27. The molecule has 0 radical (unpaired) electrons. The van der Waals surface area contributed by atoms with Gasteiger partial charge >= 0.3 is 0 Å². The van der Waals surface area contributed by atoms with Gasteiger partial charge in [-0.2, -0.15) is 0 Å². The zero-order valence-electron chi connectivity index (χ0n) is 9.24. The summed E-state index contributed by atoms with van der Waals surface area (Å²) >= 11 is 0. The minimum absolute atomic E-state index is 0.0552. The van der Waals surface area contributed by atoms with E-state index in [1.165, 1.54) is 24.5 Å². The first-order valence-electron chi connectivity index (χ1n) is 5.11. The van der Waals surface area contributed by atoms with Crippen LogP contribution in [0, 0.1) is 5.82 Å². The molecule has 0 bridgehead atoms. The number of nitrogen functional groups attached to an aromatic ring is 1. The van der Waals surface area contributed by atoms with Crippen LogP contribution in [0.25, 0.3) is 0 Å². The van der Waals surface area contributed by atoms with Crippen LogP contribution in [0.4, 0.5) is 15.8 Å². The molecule has 0 aliphatic heterocycles. The Labute approximate surface area is 101 Å². The molecule has 2 aromatic rings.